The van der Waals surface area contributed by atoms with E-state index in [1.165, 1.54) is 5.57 Å². The number of hydrogen-bond acceptors (Lipinski definition) is 5. The fourth-order valence-electron chi connectivity index (χ4n) is 6.34. The predicted molar refractivity (Wildman–Crippen MR) is 130 cm³/mol. The summed E-state index contributed by atoms with van der Waals surface area (Å²) in [6.07, 6.45) is 6.95. The first kappa shape index (κ1) is 26.0. The summed E-state index contributed by atoms with van der Waals surface area (Å²) < 4.78 is 19.2. The number of ether oxygens (including phenoxy) is 3. The van der Waals surface area contributed by atoms with Crippen molar-refractivity contribution in [3.63, 3.8) is 0 Å². The van der Waals surface area contributed by atoms with Crippen molar-refractivity contribution < 1.29 is 23.8 Å². The van der Waals surface area contributed by atoms with Gasteiger partial charge >= 0.3 is 11.9 Å². The Bertz CT molecular complexity index is 768. The third kappa shape index (κ3) is 5.39. The average Bonchev–Trinajstić information content (AvgIpc) is 3.15. The van der Waals surface area contributed by atoms with Crippen LogP contribution >= 0.6 is 0 Å². The van der Waals surface area contributed by atoms with Crippen LogP contribution in [0.2, 0.25) is 0 Å². The lowest BCUT2D eigenvalue weighted by atomic mass is 9.61. The Morgan fingerprint density at radius 2 is 1.88 bits per heavy atom. The first-order chi connectivity index (χ1) is 15.6. The lowest BCUT2D eigenvalue weighted by molar-refractivity contribution is -0.185. The van der Waals surface area contributed by atoms with Crippen LogP contribution in [-0.2, 0) is 23.8 Å². The number of carbonyl (C=O) groups excluding carboxylic acids is 2. The quantitative estimate of drug-likeness (QED) is 0.336. The molecular formula is C28H44O5. The molecule has 3 rings (SSSR count). The lowest BCUT2D eigenvalue weighted by Gasteiger charge is -2.45. The lowest BCUT2D eigenvalue weighted by Crippen LogP contribution is -2.50. The second-order valence-corrected chi connectivity index (χ2v) is 10.9. The van der Waals surface area contributed by atoms with E-state index < -0.39 is 11.7 Å². The van der Waals surface area contributed by atoms with Gasteiger partial charge < -0.3 is 14.2 Å². The van der Waals surface area contributed by atoms with Crippen molar-refractivity contribution in [2.45, 2.75) is 117 Å². The van der Waals surface area contributed by atoms with Gasteiger partial charge in [0.15, 0.2) is 0 Å². The molecule has 5 nitrogen and oxygen atoms in total. The van der Waals surface area contributed by atoms with Gasteiger partial charge in [0.2, 0.25) is 0 Å². The van der Waals surface area contributed by atoms with Crippen LogP contribution in [0.1, 0.15) is 92.9 Å². The first-order valence-electron chi connectivity index (χ1n) is 13.0. The minimum absolute atomic E-state index is 0.0845. The van der Waals surface area contributed by atoms with E-state index in [0.717, 1.165) is 37.7 Å². The normalized spacial score (nSPS) is 36.3. The smallest absolute Gasteiger partial charge is 0.306 e. The maximum atomic E-state index is 12.7. The molecule has 0 radical (unpaired) electrons. The van der Waals surface area contributed by atoms with E-state index in [0.29, 0.717) is 31.1 Å². The van der Waals surface area contributed by atoms with Gasteiger partial charge in [-0.3, -0.25) is 9.59 Å². The van der Waals surface area contributed by atoms with E-state index >= 15 is 0 Å². The van der Waals surface area contributed by atoms with Gasteiger partial charge in [-0.25, -0.2) is 0 Å². The molecule has 1 aliphatic carbocycles. The molecule has 0 aromatic heterocycles. The Balaban J connectivity index is 2.07. The van der Waals surface area contributed by atoms with Crippen LogP contribution in [0.15, 0.2) is 23.8 Å². The van der Waals surface area contributed by atoms with Crippen LogP contribution in [0.5, 0.6) is 0 Å². The van der Waals surface area contributed by atoms with Crippen molar-refractivity contribution in [2.24, 2.45) is 23.7 Å². The molecule has 0 spiro atoms. The minimum Gasteiger partial charge on any atom is -0.457 e. The van der Waals surface area contributed by atoms with Crippen molar-refractivity contribution in [3.8, 4) is 0 Å². The summed E-state index contributed by atoms with van der Waals surface area (Å²) in [4.78, 5) is 25.3. The Hall–Kier alpha value is -1.62. The van der Waals surface area contributed by atoms with Crippen LogP contribution < -0.4 is 0 Å². The molecule has 186 valence electrons. The first-order valence-corrected chi connectivity index (χ1v) is 13.0. The Morgan fingerprint density at radius 1 is 1.21 bits per heavy atom. The monoisotopic (exact) mass is 460 g/mol. The maximum absolute atomic E-state index is 12.7. The average molecular weight is 461 g/mol. The fourth-order valence-corrected chi connectivity index (χ4v) is 6.34. The molecule has 7 atom stereocenters. The van der Waals surface area contributed by atoms with Crippen LogP contribution in [-0.4, -0.2) is 35.9 Å². The van der Waals surface area contributed by atoms with Gasteiger partial charge in [0.1, 0.15) is 23.9 Å². The van der Waals surface area contributed by atoms with E-state index in [1.807, 2.05) is 27.7 Å². The van der Waals surface area contributed by atoms with Gasteiger partial charge in [-0.1, -0.05) is 45.9 Å². The second-order valence-electron chi connectivity index (χ2n) is 10.9. The summed E-state index contributed by atoms with van der Waals surface area (Å²) in [5.74, 6) is 0.847. The van der Waals surface area contributed by atoms with Crippen LogP contribution in [0.25, 0.3) is 0 Å². The highest BCUT2D eigenvalue weighted by atomic mass is 16.6. The van der Waals surface area contributed by atoms with Gasteiger partial charge in [0, 0.05) is 24.7 Å². The number of hydrogen-bond donors (Lipinski definition) is 0. The van der Waals surface area contributed by atoms with Gasteiger partial charge in [-0.05, 0) is 69.8 Å². The molecule has 7 unspecified atom stereocenters. The predicted octanol–water partition coefficient (Wildman–Crippen LogP) is 6.16. The summed E-state index contributed by atoms with van der Waals surface area (Å²) in [5.41, 5.74) is 1.47. The standard InChI is InChI=1S/C28H44O5/c1-8-11-21(29)31-25-19(6)13-10-16-28(7,33-22(30)12-9-2)27-24-20(17(3)4)15-14-18(5)23(24)26(25)32-27/h13,17,20,23-27H,5,8-12,14-16H2,1-4,6-7H3. The molecular weight excluding hydrogens is 416 g/mol. The summed E-state index contributed by atoms with van der Waals surface area (Å²) in [5, 5.41) is 0. The summed E-state index contributed by atoms with van der Waals surface area (Å²) in [6, 6.07) is 0. The van der Waals surface area contributed by atoms with Crippen molar-refractivity contribution in [3.05, 3.63) is 23.8 Å². The third-order valence-electron chi connectivity index (χ3n) is 8.01. The molecule has 33 heavy (non-hydrogen) atoms. The molecule has 3 aliphatic rings. The molecule has 0 aromatic rings. The van der Waals surface area contributed by atoms with Gasteiger partial charge in [-0.15, -0.1) is 0 Å². The number of rotatable bonds is 7. The fraction of sp³-hybridized carbons (Fsp3) is 0.786. The zero-order chi connectivity index (χ0) is 24.3. The molecule has 0 amide bonds. The Labute approximate surface area is 200 Å². The van der Waals surface area contributed by atoms with Crippen molar-refractivity contribution in [2.75, 3.05) is 0 Å². The SMILES string of the molecule is C=C1CCC(C(C)C)C2C1C1OC2C(C)(OC(=O)CCC)CCC=C(C)C1OC(=O)CCC. The Kier molecular flexibility index (Phi) is 8.47. The minimum atomic E-state index is -0.728. The molecule has 1 saturated carbocycles. The summed E-state index contributed by atoms with van der Waals surface area (Å²) in [6.45, 7) is 17.1. The van der Waals surface area contributed by atoms with E-state index in [-0.39, 0.29) is 36.0 Å². The number of carbonyl (C=O) groups is 2. The number of fused-ring (bicyclic) bond motifs is 5. The summed E-state index contributed by atoms with van der Waals surface area (Å²) >= 11 is 0. The molecule has 5 heteroatoms. The molecule has 1 saturated heterocycles. The van der Waals surface area contributed by atoms with Crippen molar-refractivity contribution >= 4 is 11.9 Å². The van der Waals surface area contributed by atoms with Crippen molar-refractivity contribution in [1.29, 1.82) is 0 Å². The largest absolute Gasteiger partial charge is 0.457 e. The zero-order valence-electron chi connectivity index (χ0n) is 21.5. The van der Waals surface area contributed by atoms with Crippen molar-refractivity contribution in [1.82, 2.24) is 0 Å². The molecule has 2 heterocycles. The van der Waals surface area contributed by atoms with Crippen LogP contribution in [0, 0.1) is 23.7 Å². The topological polar surface area (TPSA) is 61.8 Å². The van der Waals surface area contributed by atoms with Crippen LogP contribution in [0.3, 0.4) is 0 Å². The second kappa shape index (κ2) is 10.8. The van der Waals surface area contributed by atoms with E-state index in [2.05, 4.69) is 26.5 Å². The highest BCUT2D eigenvalue weighted by Crippen LogP contribution is 2.55. The highest BCUT2D eigenvalue weighted by Gasteiger charge is 2.60. The maximum Gasteiger partial charge on any atom is 0.306 e. The van der Waals surface area contributed by atoms with Gasteiger partial charge in [0.25, 0.3) is 0 Å². The molecule has 2 aliphatic heterocycles. The summed E-state index contributed by atoms with van der Waals surface area (Å²) in [7, 11) is 0. The van der Waals surface area contributed by atoms with Crippen LogP contribution in [0.4, 0.5) is 0 Å². The van der Waals surface area contributed by atoms with Gasteiger partial charge in [0.05, 0.1) is 0 Å². The van der Waals surface area contributed by atoms with E-state index in [4.69, 9.17) is 14.2 Å². The Morgan fingerprint density at radius 3 is 2.52 bits per heavy atom. The molecule has 0 N–H and O–H groups in total. The number of esters is 2. The molecule has 2 bridgehead atoms. The number of allylic oxidation sites excluding steroid dienone is 1. The highest BCUT2D eigenvalue weighted by molar-refractivity contribution is 5.70. The zero-order valence-corrected chi connectivity index (χ0v) is 21.5. The molecule has 2 fully saturated rings. The van der Waals surface area contributed by atoms with E-state index in [1.54, 1.807) is 0 Å². The third-order valence-corrected chi connectivity index (χ3v) is 8.01. The van der Waals surface area contributed by atoms with Gasteiger partial charge in [-0.2, -0.15) is 0 Å². The molecule has 0 aromatic carbocycles. The van der Waals surface area contributed by atoms with E-state index in [9.17, 15) is 9.59 Å².